The van der Waals surface area contributed by atoms with Gasteiger partial charge in [0.2, 0.25) is 0 Å². The van der Waals surface area contributed by atoms with Crippen LogP contribution in [0.15, 0.2) is 84.3 Å². The third-order valence-corrected chi connectivity index (χ3v) is 6.70. The Morgan fingerprint density at radius 3 is 2.41 bits per heavy atom. The van der Waals surface area contributed by atoms with Crippen molar-refractivity contribution in [1.82, 2.24) is 14.9 Å². The minimum atomic E-state index is -1.06. The van der Waals surface area contributed by atoms with Gasteiger partial charge in [0, 0.05) is 60.1 Å². The molecule has 174 valence electrons. The number of nitrogens with zero attached hydrogens (tertiary/aromatic N) is 4. The standard InChI is InChI=1S/C26H26ClN5O2/c27-19-10-8-18(9-11-19)25(32-15-13-31(14-16-32)23-7-3-4-12-28-23)26(33)24(30-34)21-17-29-22-6-2-1-5-20(21)22/h1-12,17,25-26,29,33-34H,13-16H2/b30-24+. The average molecular weight is 476 g/mol. The van der Waals surface area contributed by atoms with Crippen molar-refractivity contribution in [2.24, 2.45) is 5.16 Å². The SMILES string of the molecule is O/N=C(\c1c[nH]c2ccccc12)C(O)C(c1ccc(Cl)cc1)N1CCN(c2ccccn2)CC1. The molecule has 1 aliphatic heterocycles. The van der Waals surface area contributed by atoms with Crippen LogP contribution in [0.5, 0.6) is 0 Å². The Bertz CT molecular complexity index is 1270. The molecular formula is C26H26ClN5O2. The molecule has 0 amide bonds. The zero-order valence-electron chi connectivity index (χ0n) is 18.5. The second-order valence-electron chi connectivity index (χ2n) is 8.39. The smallest absolute Gasteiger partial charge is 0.128 e. The monoisotopic (exact) mass is 475 g/mol. The Kier molecular flexibility index (Phi) is 6.49. The number of oxime groups is 1. The van der Waals surface area contributed by atoms with Gasteiger partial charge in [-0.15, -0.1) is 0 Å². The molecule has 2 aromatic carbocycles. The molecule has 2 aromatic heterocycles. The van der Waals surface area contributed by atoms with Gasteiger partial charge in [-0.05, 0) is 35.9 Å². The Labute approximate surface area is 202 Å². The van der Waals surface area contributed by atoms with Crippen molar-refractivity contribution >= 4 is 34.0 Å². The second kappa shape index (κ2) is 9.85. The highest BCUT2D eigenvalue weighted by molar-refractivity contribution is 6.30. The van der Waals surface area contributed by atoms with Gasteiger partial charge in [-0.25, -0.2) is 4.98 Å². The van der Waals surface area contributed by atoms with Gasteiger partial charge in [0.05, 0.1) is 6.04 Å². The maximum absolute atomic E-state index is 11.7. The first-order valence-corrected chi connectivity index (χ1v) is 11.7. The van der Waals surface area contributed by atoms with Gasteiger partial charge < -0.3 is 20.2 Å². The van der Waals surface area contributed by atoms with Crippen LogP contribution in [0.2, 0.25) is 5.02 Å². The summed E-state index contributed by atoms with van der Waals surface area (Å²) in [5, 5.41) is 26.8. The van der Waals surface area contributed by atoms with Crippen molar-refractivity contribution in [3.8, 4) is 0 Å². The first-order valence-electron chi connectivity index (χ1n) is 11.3. The van der Waals surface area contributed by atoms with E-state index < -0.39 is 12.1 Å². The third-order valence-electron chi connectivity index (χ3n) is 6.44. The molecule has 8 heteroatoms. The number of benzene rings is 2. The van der Waals surface area contributed by atoms with Crippen LogP contribution in [0.3, 0.4) is 0 Å². The molecule has 3 heterocycles. The quantitative estimate of drug-likeness (QED) is 0.219. The molecule has 7 nitrogen and oxygen atoms in total. The molecule has 34 heavy (non-hydrogen) atoms. The molecule has 3 N–H and O–H groups in total. The summed E-state index contributed by atoms with van der Waals surface area (Å²) in [5.41, 5.74) is 2.73. The molecule has 1 fully saturated rings. The summed E-state index contributed by atoms with van der Waals surface area (Å²) in [5.74, 6) is 0.946. The maximum Gasteiger partial charge on any atom is 0.128 e. The summed E-state index contributed by atoms with van der Waals surface area (Å²) in [6, 6.07) is 20.7. The van der Waals surface area contributed by atoms with E-state index in [4.69, 9.17) is 11.6 Å². The summed E-state index contributed by atoms with van der Waals surface area (Å²) >= 11 is 6.15. The predicted octanol–water partition coefficient (Wildman–Crippen LogP) is 4.32. The minimum Gasteiger partial charge on any atom is -0.411 e. The van der Waals surface area contributed by atoms with Gasteiger partial charge in [-0.2, -0.15) is 0 Å². The normalized spacial score (nSPS) is 17.1. The Morgan fingerprint density at radius 2 is 1.71 bits per heavy atom. The van der Waals surface area contributed by atoms with Crippen LogP contribution in [-0.4, -0.2) is 63.2 Å². The fraction of sp³-hybridized carbons (Fsp3) is 0.231. The van der Waals surface area contributed by atoms with Crippen molar-refractivity contribution in [1.29, 1.82) is 0 Å². The largest absolute Gasteiger partial charge is 0.411 e. The van der Waals surface area contributed by atoms with Crippen LogP contribution < -0.4 is 4.90 Å². The number of aliphatic hydroxyl groups is 1. The van der Waals surface area contributed by atoms with Crippen LogP contribution in [-0.2, 0) is 0 Å². The highest BCUT2D eigenvalue weighted by atomic mass is 35.5. The van der Waals surface area contributed by atoms with Crippen LogP contribution in [0.1, 0.15) is 17.2 Å². The van der Waals surface area contributed by atoms with Crippen molar-refractivity contribution in [2.75, 3.05) is 31.1 Å². The van der Waals surface area contributed by atoms with Crippen LogP contribution in [0, 0.1) is 0 Å². The summed E-state index contributed by atoms with van der Waals surface area (Å²) in [6.07, 6.45) is 2.51. The Hall–Kier alpha value is -3.39. The number of pyridine rings is 1. The summed E-state index contributed by atoms with van der Waals surface area (Å²) < 4.78 is 0. The number of fused-ring (bicyclic) bond motifs is 1. The molecule has 2 atom stereocenters. The van der Waals surface area contributed by atoms with E-state index in [0.29, 0.717) is 23.7 Å². The summed E-state index contributed by atoms with van der Waals surface area (Å²) in [6.45, 7) is 2.97. The lowest BCUT2D eigenvalue weighted by Crippen LogP contribution is -2.51. The van der Waals surface area contributed by atoms with Gasteiger partial charge in [0.15, 0.2) is 0 Å². The van der Waals surface area contributed by atoms with Crippen molar-refractivity contribution < 1.29 is 10.3 Å². The van der Waals surface area contributed by atoms with Gasteiger partial charge in [-0.1, -0.05) is 53.2 Å². The number of halogens is 1. The lowest BCUT2D eigenvalue weighted by atomic mass is 9.92. The molecule has 1 aliphatic rings. The summed E-state index contributed by atoms with van der Waals surface area (Å²) in [4.78, 5) is 12.1. The number of nitrogens with one attached hydrogen (secondary N) is 1. The highest BCUT2D eigenvalue weighted by Crippen LogP contribution is 2.31. The Morgan fingerprint density at radius 1 is 0.971 bits per heavy atom. The number of rotatable bonds is 6. The number of aliphatic hydroxyl groups excluding tert-OH is 1. The molecule has 0 bridgehead atoms. The van der Waals surface area contributed by atoms with Crippen LogP contribution >= 0.6 is 11.6 Å². The van der Waals surface area contributed by atoms with E-state index in [1.807, 2.05) is 66.7 Å². The van der Waals surface area contributed by atoms with Crippen LogP contribution in [0.25, 0.3) is 10.9 Å². The maximum atomic E-state index is 11.7. The fourth-order valence-corrected chi connectivity index (χ4v) is 4.85. The second-order valence-corrected chi connectivity index (χ2v) is 8.82. The Balaban J connectivity index is 1.46. The lowest BCUT2D eigenvalue weighted by Gasteiger charge is -2.41. The highest BCUT2D eigenvalue weighted by Gasteiger charge is 2.35. The van der Waals surface area contributed by atoms with Crippen molar-refractivity contribution in [3.05, 3.63) is 95.3 Å². The van der Waals surface area contributed by atoms with Crippen LogP contribution in [0.4, 0.5) is 5.82 Å². The molecular weight excluding hydrogens is 450 g/mol. The molecule has 2 unspecified atom stereocenters. The molecule has 0 aliphatic carbocycles. The van der Waals surface area contributed by atoms with Gasteiger partial charge in [0.1, 0.15) is 17.6 Å². The van der Waals surface area contributed by atoms with E-state index in [9.17, 15) is 10.3 Å². The number of aromatic amines is 1. The number of piperazine rings is 1. The topological polar surface area (TPSA) is 88.0 Å². The molecule has 0 saturated carbocycles. The molecule has 0 radical (unpaired) electrons. The molecule has 4 aromatic rings. The van der Waals surface area contributed by atoms with E-state index in [0.717, 1.165) is 35.4 Å². The minimum absolute atomic E-state index is 0.226. The van der Waals surface area contributed by atoms with E-state index in [2.05, 4.69) is 24.9 Å². The average Bonchev–Trinajstić information content (AvgIpc) is 3.31. The van der Waals surface area contributed by atoms with Gasteiger partial charge in [0.25, 0.3) is 0 Å². The van der Waals surface area contributed by atoms with E-state index in [1.54, 1.807) is 12.4 Å². The fourth-order valence-electron chi connectivity index (χ4n) is 4.73. The van der Waals surface area contributed by atoms with Gasteiger partial charge >= 0.3 is 0 Å². The van der Waals surface area contributed by atoms with Crippen molar-refractivity contribution in [2.45, 2.75) is 12.1 Å². The lowest BCUT2D eigenvalue weighted by molar-refractivity contribution is 0.0826. The zero-order chi connectivity index (χ0) is 23.5. The number of hydrogen-bond donors (Lipinski definition) is 3. The number of para-hydroxylation sites is 1. The van der Waals surface area contributed by atoms with E-state index in [-0.39, 0.29) is 5.71 Å². The molecule has 0 spiro atoms. The number of hydrogen-bond acceptors (Lipinski definition) is 6. The van der Waals surface area contributed by atoms with Crippen molar-refractivity contribution in [3.63, 3.8) is 0 Å². The first kappa shape index (κ1) is 22.4. The van der Waals surface area contributed by atoms with Gasteiger partial charge in [-0.3, -0.25) is 4.90 Å². The zero-order valence-corrected chi connectivity index (χ0v) is 19.3. The van der Waals surface area contributed by atoms with E-state index in [1.165, 1.54) is 0 Å². The third kappa shape index (κ3) is 4.37. The number of aromatic nitrogens is 2. The van der Waals surface area contributed by atoms with E-state index >= 15 is 0 Å². The summed E-state index contributed by atoms with van der Waals surface area (Å²) in [7, 11) is 0. The molecule has 5 rings (SSSR count). The number of anilines is 1. The number of H-pyrrole nitrogens is 1. The molecule has 1 saturated heterocycles. The first-order chi connectivity index (χ1) is 16.7. The predicted molar refractivity (Wildman–Crippen MR) is 135 cm³/mol.